The molecule has 3 heterocycles. The number of aromatic nitrogens is 1. The van der Waals surface area contributed by atoms with Gasteiger partial charge in [-0.15, -0.1) is 0 Å². The monoisotopic (exact) mass is 568 g/mol. The van der Waals surface area contributed by atoms with Gasteiger partial charge in [-0.2, -0.15) is 0 Å². The Kier molecular flexibility index (Phi) is 7.28. The van der Waals surface area contributed by atoms with E-state index in [1.54, 1.807) is 24.8 Å². The first-order valence-corrected chi connectivity index (χ1v) is 14.1. The summed E-state index contributed by atoms with van der Waals surface area (Å²) in [7, 11) is -3.52. The highest BCUT2D eigenvalue weighted by Gasteiger charge is 2.45. The number of amides is 1. The van der Waals surface area contributed by atoms with Crippen LogP contribution in [0.1, 0.15) is 69.1 Å². The van der Waals surface area contributed by atoms with Crippen LogP contribution in [-0.2, 0) is 14.6 Å². The van der Waals surface area contributed by atoms with Gasteiger partial charge in [-0.05, 0) is 74.0 Å². The fourth-order valence-electron chi connectivity index (χ4n) is 4.63. The zero-order valence-corrected chi connectivity index (χ0v) is 22.7. The van der Waals surface area contributed by atoms with Crippen LogP contribution < -0.4 is 4.74 Å². The number of hydrogen-bond acceptors (Lipinski definition) is 6. The molecule has 10 heteroatoms. The number of benzene rings is 1. The molecule has 1 spiro atoms. The second-order valence-corrected chi connectivity index (χ2v) is 12.9. The second kappa shape index (κ2) is 9.78. The Morgan fingerprint density at radius 3 is 2.49 bits per heavy atom. The van der Waals surface area contributed by atoms with Crippen LogP contribution in [0.3, 0.4) is 0 Å². The third-order valence-corrected chi connectivity index (χ3v) is 9.61. The number of fused-ring (bicyclic) bond motifs is 1. The lowest BCUT2D eigenvalue weighted by Crippen LogP contribution is -2.52. The molecule has 1 atom stereocenters. The van der Waals surface area contributed by atoms with Crippen LogP contribution in [-0.4, -0.2) is 54.3 Å². The van der Waals surface area contributed by atoms with E-state index in [0.717, 1.165) is 0 Å². The summed E-state index contributed by atoms with van der Waals surface area (Å²) in [6.45, 7) is 8.01. The number of likely N-dealkylation sites (tertiary alicyclic amines) is 1. The minimum absolute atomic E-state index is 0.0278. The van der Waals surface area contributed by atoms with E-state index in [1.807, 2.05) is 13.8 Å². The number of sulfone groups is 1. The van der Waals surface area contributed by atoms with E-state index < -0.39 is 20.7 Å². The number of nitrogens with zero attached hydrogens (tertiary/aromatic N) is 2. The number of hydrogen-bond donors (Lipinski definition) is 0. The highest BCUT2D eigenvalue weighted by atomic mass is 79.9. The molecule has 2 aromatic rings. The standard InChI is InChI=1S/C25H30BrFN2O5S/c1-15(2)33-21-14-25(34-20-7-5-17(27)13-18(20)21)9-11-29(12-10-25)24(30)19-6-8-22(23(26)28-19)35(31,32)16(3)4/h5-8,13,15-16,21H,9-12,14H2,1-4H3. The van der Waals surface area contributed by atoms with Crippen molar-refractivity contribution in [1.82, 2.24) is 9.88 Å². The maximum absolute atomic E-state index is 13.9. The highest BCUT2D eigenvalue weighted by molar-refractivity contribution is 9.10. The molecular weight excluding hydrogens is 539 g/mol. The lowest BCUT2D eigenvalue weighted by Gasteiger charge is -2.47. The number of carbonyl (C=O) groups excluding carboxylic acids is 1. The van der Waals surface area contributed by atoms with Gasteiger partial charge < -0.3 is 14.4 Å². The molecule has 1 amide bonds. The normalized spacial score (nSPS) is 19.7. The van der Waals surface area contributed by atoms with Gasteiger partial charge in [0.15, 0.2) is 9.84 Å². The van der Waals surface area contributed by atoms with E-state index in [9.17, 15) is 17.6 Å². The van der Waals surface area contributed by atoms with Crippen molar-refractivity contribution in [2.75, 3.05) is 13.1 Å². The zero-order chi connectivity index (χ0) is 25.5. The molecule has 0 bridgehead atoms. The van der Waals surface area contributed by atoms with Gasteiger partial charge in [0.1, 0.15) is 27.5 Å². The topological polar surface area (TPSA) is 85.8 Å². The predicted octanol–water partition coefficient (Wildman–Crippen LogP) is 5.09. The van der Waals surface area contributed by atoms with E-state index in [4.69, 9.17) is 9.47 Å². The average molecular weight is 569 g/mol. The molecule has 1 aromatic carbocycles. The van der Waals surface area contributed by atoms with Gasteiger partial charge in [0.2, 0.25) is 0 Å². The van der Waals surface area contributed by atoms with Crippen molar-refractivity contribution < 1.29 is 27.1 Å². The SMILES string of the molecule is CC(C)OC1CC2(CCN(C(=O)c3ccc(S(=O)(=O)C(C)C)c(Br)n3)CC2)Oc2ccc(F)cc21. The van der Waals surface area contributed by atoms with Gasteiger partial charge >= 0.3 is 0 Å². The fraction of sp³-hybridized carbons (Fsp3) is 0.520. The molecule has 1 aromatic heterocycles. The molecule has 1 unspecified atom stereocenters. The Morgan fingerprint density at radius 1 is 1.20 bits per heavy atom. The number of ether oxygens (including phenoxy) is 2. The molecule has 1 saturated heterocycles. The van der Waals surface area contributed by atoms with Gasteiger partial charge in [-0.25, -0.2) is 17.8 Å². The molecule has 0 radical (unpaired) electrons. The Labute approximate surface area is 214 Å². The Bertz CT molecular complexity index is 1230. The first-order chi connectivity index (χ1) is 16.4. The molecule has 0 N–H and O–H groups in total. The first-order valence-electron chi connectivity index (χ1n) is 11.8. The molecule has 2 aliphatic heterocycles. The Hall–Kier alpha value is -2.04. The summed E-state index contributed by atoms with van der Waals surface area (Å²) >= 11 is 3.23. The molecular formula is C25H30BrFN2O5S. The molecule has 1 fully saturated rings. The summed E-state index contributed by atoms with van der Waals surface area (Å²) in [5.41, 5.74) is 0.389. The third-order valence-electron chi connectivity index (χ3n) is 6.56. The summed E-state index contributed by atoms with van der Waals surface area (Å²) in [6.07, 6.45) is 1.45. The molecule has 4 rings (SSSR count). The van der Waals surface area contributed by atoms with E-state index in [0.29, 0.717) is 43.7 Å². The zero-order valence-electron chi connectivity index (χ0n) is 20.3. The number of halogens is 2. The van der Waals surface area contributed by atoms with E-state index >= 15 is 0 Å². The number of carbonyl (C=O) groups is 1. The summed E-state index contributed by atoms with van der Waals surface area (Å²) in [6, 6.07) is 7.39. The molecule has 2 aliphatic rings. The largest absolute Gasteiger partial charge is 0.487 e. The molecule has 190 valence electrons. The summed E-state index contributed by atoms with van der Waals surface area (Å²) in [5, 5.41) is -0.596. The molecule has 7 nitrogen and oxygen atoms in total. The summed E-state index contributed by atoms with van der Waals surface area (Å²) < 4.78 is 51.5. The maximum atomic E-state index is 13.9. The second-order valence-electron chi connectivity index (χ2n) is 9.72. The smallest absolute Gasteiger partial charge is 0.272 e. The van der Waals surface area contributed by atoms with Crippen molar-refractivity contribution in [3.63, 3.8) is 0 Å². The minimum atomic E-state index is -3.52. The average Bonchev–Trinajstić information content (AvgIpc) is 2.79. The summed E-state index contributed by atoms with van der Waals surface area (Å²) in [4.78, 5) is 19.2. The van der Waals surface area contributed by atoms with Crippen molar-refractivity contribution in [2.24, 2.45) is 0 Å². The van der Waals surface area contributed by atoms with E-state index in [-0.39, 0.29) is 39.1 Å². The van der Waals surface area contributed by atoms with E-state index in [2.05, 4.69) is 20.9 Å². The first kappa shape index (κ1) is 26.0. The van der Waals surface area contributed by atoms with Crippen LogP contribution >= 0.6 is 15.9 Å². The van der Waals surface area contributed by atoms with Gasteiger partial charge in [-0.3, -0.25) is 4.79 Å². The van der Waals surface area contributed by atoms with Crippen LogP contribution in [0.2, 0.25) is 0 Å². The van der Waals surface area contributed by atoms with Crippen LogP contribution in [0.15, 0.2) is 39.8 Å². The van der Waals surface area contributed by atoms with Crippen LogP contribution in [0.25, 0.3) is 0 Å². The number of piperidine rings is 1. The summed E-state index contributed by atoms with van der Waals surface area (Å²) in [5.74, 6) is 0.0323. The highest BCUT2D eigenvalue weighted by Crippen LogP contribution is 2.46. The minimum Gasteiger partial charge on any atom is -0.487 e. The number of pyridine rings is 1. The van der Waals surface area contributed by atoms with Crippen LogP contribution in [0, 0.1) is 5.82 Å². The van der Waals surface area contributed by atoms with Gasteiger partial charge in [0.25, 0.3) is 5.91 Å². The molecule has 35 heavy (non-hydrogen) atoms. The van der Waals surface area contributed by atoms with Crippen molar-refractivity contribution in [3.05, 3.63) is 52.0 Å². The lowest BCUT2D eigenvalue weighted by atomic mass is 9.81. The van der Waals surface area contributed by atoms with Crippen molar-refractivity contribution >= 4 is 31.7 Å². The van der Waals surface area contributed by atoms with Crippen molar-refractivity contribution in [2.45, 2.75) is 74.9 Å². The van der Waals surface area contributed by atoms with Crippen LogP contribution in [0.4, 0.5) is 4.39 Å². The number of rotatable bonds is 5. The van der Waals surface area contributed by atoms with Crippen molar-refractivity contribution in [1.29, 1.82) is 0 Å². The Morgan fingerprint density at radius 2 is 1.89 bits per heavy atom. The van der Waals surface area contributed by atoms with Crippen molar-refractivity contribution in [3.8, 4) is 5.75 Å². The maximum Gasteiger partial charge on any atom is 0.272 e. The fourth-order valence-corrected chi connectivity index (χ4v) is 6.67. The van der Waals surface area contributed by atoms with E-state index in [1.165, 1.54) is 24.3 Å². The quantitative estimate of drug-likeness (QED) is 0.467. The Balaban J connectivity index is 1.50. The van der Waals surface area contributed by atoms with Gasteiger partial charge in [-0.1, -0.05) is 0 Å². The van der Waals surface area contributed by atoms with Gasteiger partial charge in [0, 0.05) is 37.9 Å². The predicted molar refractivity (Wildman–Crippen MR) is 133 cm³/mol. The third kappa shape index (κ3) is 5.24. The molecule has 0 saturated carbocycles. The lowest BCUT2D eigenvalue weighted by molar-refractivity contribution is -0.0874. The molecule has 0 aliphatic carbocycles. The van der Waals surface area contributed by atoms with Crippen LogP contribution in [0.5, 0.6) is 5.75 Å². The van der Waals surface area contributed by atoms with Gasteiger partial charge in [0.05, 0.1) is 22.4 Å².